The molecule has 0 unspecified atom stereocenters. The third-order valence-electron chi connectivity index (χ3n) is 1.90. The summed E-state index contributed by atoms with van der Waals surface area (Å²) in [7, 11) is 0. The van der Waals surface area contributed by atoms with Crippen molar-refractivity contribution in [3.8, 4) is 0 Å². The van der Waals surface area contributed by atoms with Gasteiger partial charge in [0.2, 0.25) is 0 Å². The van der Waals surface area contributed by atoms with Crippen LogP contribution in [0.4, 0.5) is 0 Å². The van der Waals surface area contributed by atoms with Gasteiger partial charge in [-0.1, -0.05) is 41.4 Å². The zero-order valence-electron chi connectivity index (χ0n) is 7.82. The zero-order chi connectivity index (χ0) is 10.7. The number of amidine groups is 1. The lowest BCUT2D eigenvalue weighted by molar-refractivity contribution is 1.47. The highest BCUT2D eigenvalue weighted by Gasteiger charge is 2.05. The molecule has 0 atom stereocenters. The maximum Gasteiger partial charge on any atom is 0.160 e. The molecular weight excluding hydrogens is 231 g/mol. The van der Waals surface area contributed by atoms with Gasteiger partial charge in [-0.05, 0) is 12.1 Å². The lowest BCUT2D eigenvalue weighted by Gasteiger charge is -2.00. The maximum absolute atomic E-state index is 5.89. The molecule has 0 spiro atoms. The Labute approximate surface area is 98.0 Å². The van der Waals surface area contributed by atoms with Crippen LogP contribution in [0.2, 0.25) is 5.02 Å². The van der Waals surface area contributed by atoms with Gasteiger partial charge in [0.05, 0.1) is 0 Å². The van der Waals surface area contributed by atoms with E-state index in [1.165, 1.54) is 0 Å². The van der Waals surface area contributed by atoms with Crippen molar-refractivity contribution in [1.29, 1.82) is 0 Å². The van der Waals surface area contributed by atoms with Gasteiger partial charge in [0.15, 0.2) is 5.84 Å². The van der Waals surface area contributed by atoms with E-state index in [9.17, 15) is 0 Å². The first kappa shape index (κ1) is 10.4. The molecule has 0 saturated carbocycles. The second kappa shape index (κ2) is 4.60. The van der Waals surface area contributed by atoms with Crippen LogP contribution >= 0.6 is 23.2 Å². The number of benzene rings is 1. The van der Waals surface area contributed by atoms with Crippen LogP contribution in [0.1, 0.15) is 12.0 Å². The fourth-order valence-electron chi connectivity index (χ4n) is 1.23. The topological polar surface area (TPSA) is 24.7 Å². The van der Waals surface area contributed by atoms with Gasteiger partial charge in [-0.2, -0.15) is 0 Å². The number of rotatable bonds is 1. The van der Waals surface area contributed by atoms with Gasteiger partial charge in [-0.15, -0.1) is 0 Å². The summed E-state index contributed by atoms with van der Waals surface area (Å²) in [6, 6.07) is 7.38. The van der Waals surface area contributed by atoms with Crippen LogP contribution < -0.4 is 0 Å². The highest BCUT2D eigenvalue weighted by atomic mass is 35.5. The SMILES string of the molecule is ClC1=NC(c2cccc(Cl)c2)=NC=CC1. The van der Waals surface area contributed by atoms with Crippen LogP contribution in [0.5, 0.6) is 0 Å². The molecule has 0 radical (unpaired) electrons. The average Bonchev–Trinajstić information content (AvgIpc) is 2.43. The zero-order valence-corrected chi connectivity index (χ0v) is 9.33. The standard InChI is InChI=1S/C11H8Cl2N2/c12-9-4-1-3-8(7-9)11-14-6-2-5-10(13)15-11/h1-4,6-7H,5H2. The molecule has 2 rings (SSSR count). The predicted molar refractivity (Wildman–Crippen MR) is 65.0 cm³/mol. The fraction of sp³-hybridized carbons (Fsp3) is 0.0909. The van der Waals surface area contributed by atoms with E-state index in [-0.39, 0.29) is 0 Å². The first-order valence-electron chi connectivity index (χ1n) is 4.47. The summed E-state index contributed by atoms with van der Waals surface area (Å²) < 4.78 is 0. The Balaban J connectivity index is 2.42. The number of allylic oxidation sites excluding steroid dienone is 1. The van der Waals surface area contributed by atoms with E-state index in [1.807, 2.05) is 30.3 Å². The smallest absolute Gasteiger partial charge is 0.160 e. The van der Waals surface area contributed by atoms with Crippen molar-refractivity contribution in [1.82, 2.24) is 0 Å². The first-order chi connectivity index (χ1) is 7.25. The number of aliphatic imine (C=N–C) groups is 2. The van der Waals surface area contributed by atoms with E-state index in [1.54, 1.807) is 6.20 Å². The van der Waals surface area contributed by atoms with E-state index < -0.39 is 0 Å². The third kappa shape index (κ3) is 2.67. The van der Waals surface area contributed by atoms with Crippen molar-refractivity contribution in [3.05, 3.63) is 47.1 Å². The van der Waals surface area contributed by atoms with Gasteiger partial charge in [0, 0.05) is 23.2 Å². The number of halogens is 2. The van der Waals surface area contributed by atoms with Crippen LogP contribution in [0, 0.1) is 0 Å². The van der Waals surface area contributed by atoms with E-state index in [2.05, 4.69) is 9.98 Å². The maximum atomic E-state index is 5.89. The number of nitrogens with zero attached hydrogens (tertiary/aromatic N) is 2. The van der Waals surface area contributed by atoms with Gasteiger partial charge in [0.25, 0.3) is 0 Å². The molecular formula is C11H8Cl2N2. The highest BCUT2D eigenvalue weighted by molar-refractivity contribution is 6.66. The molecule has 1 aromatic rings. The molecule has 0 N–H and O–H groups in total. The molecule has 15 heavy (non-hydrogen) atoms. The number of hydrogen-bond acceptors (Lipinski definition) is 2. The van der Waals surface area contributed by atoms with Crippen LogP contribution in [-0.4, -0.2) is 11.0 Å². The molecule has 0 bridgehead atoms. The summed E-state index contributed by atoms with van der Waals surface area (Å²) in [5, 5.41) is 1.19. The number of hydrogen-bond donors (Lipinski definition) is 0. The first-order valence-corrected chi connectivity index (χ1v) is 5.23. The minimum Gasteiger partial charge on any atom is -0.237 e. The van der Waals surface area contributed by atoms with Crippen molar-refractivity contribution >= 4 is 34.2 Å². The lowest BCUT2D eigenvalue weighted by Crippen LogP contribution is -1.98. The Morgan fingerprint density at radius 1 is 1.20 bits per heavy atom. The van der Waals surface area contributed by atoms with E-state index in [4.69, 9.17) is 23.2 Å². The van der Waals surface area contributed by atoms with Crippen molar-refractivity contribution in [2.24, 2.45) is 9.98 Å². The molecule has 76 valence electrons. The predicted octanol–water partition coefficient (Wildman–Crippen LogP) is 3.64. The molecule has 4 heteroatoms. The highest BCUT2D eigenvalue weighted by Crippen LogP contribution is 2.14. The third-order valence-corrected chi connectivity index (χ3v) is 2.37. The van der Waals surface area contributed by atoms with Crippen LogP contribution in [0.3, 0.4) is 0 Å². The molecule has 0 fully saturated rings. The van der Waals surface area contributed by atoms with Crippen molar-refractivity contribution in [2.45, 2.75) is 6.42 Å². The molecule has 0 amide bonds. The molecule has 1 aliphatic rings. The molecule has 1 aromatic carbocycles. The minimum atomic E-state index is 0.530. The summed E-state index contributed by atoms with van der Waals surface area (Å²) in [4.78, 5) is 8.39. The summed E-state index contributed by atoms with van der Waals surface area (Å²) in [6.07, 6.45) is 4.19. The van der Waals surface area contributed by atoms with Crippen molar-refractivity contribution in [3.63, 3.8) is 0 Å². The van der Waals surface area contributed by atoms with Crippen molar-refractivity contribution in [2.75, 3.05) is 0 Å². The Morgan fingerprint density at radius 3 is 2.87 bits per heavy atom. The van der Waals surface area contributed by atoms with Crippen LogP contribution in [-0.2, 0) is 0 Å². The van der Waals surface area contributed by atoms with Crippen molar-refractivity contribution < 1.29 is 0 Å². The molecule has 0 aromatic heterocycles. The average molecular weight is 239 g/mol. The van der Waals surface area contributed by atoms with Gasteiger partial charge >= 0.3 is 0 Å². The Morgan fingerprint density at radius 2 is 2.07 bits per heavy atom. The molecule has 2 nitrogen and oxygen atoms in total. The summed E-state index contributed by atoms with van der Waals surface area (Å²) >= 11 is 11.8. The molecule has 0 aliphatic carbocycles. The van der Waals surface area contributed by atoms with Gasteiger partial charge in [-0.3, -0.25) is 0 Å². The fourth-order valence-corrected chi connectivity index (χ4v) is 1.59. The lowest BCUT2D eigenvalue weighted by atomic mass is 10.2. The quantitative estimate of drug-likeness (QED) is 0.714. The largest absolute Gasteiger partial charge is 0.237 e. The summed E-state index contributed by atoms with van der Waals surface area (Å²) in [6.45, 7) is 0. The Bertz CT molecular complexity index is 461. The van der Waals surface area contributed by atoms with Crippen LogP contribution in [0.15, 0.2) is 46.5 Å². The summed E-state index contributed by atoms with van der Waals surface area (Å²) in [5.74, 6) is 0.594. The Kier molecular flexibility index (Phi) is 3.19. The van der Waals surface area contributed by atoms with E-state index in [0.29, 0.717) is 22.4 Å². The summed E-state index contributed by atoms with van der Waals surface area (Å²) in [5.41, 5.74) is 0.868. The van der Waals surface area contributed by atoms with Gasteiger partial charge in [-0.25, -0.2) is 9.98 Å². The van der Waals surface area contributed by atoms with E-state index in [0.717, 1.165) is 5.56 Å². The van der Waals surface area contributed by atoms with Gasteiger partial charge in [0.1, 0.15) is 5.17 Å². The second-order valence-corrected chi connectivity index (χ2v) is 3.91. The Hall–Kier alpha value is -1.12. The molecule has 1 aliphatic heterocycles. The molecule has 1 heterocycles. The van der Waals surface area contributed by atoms with Crippen LogP contribution in [0.25, 0.3) is 0 Å². The normalized spacial score (nSPS) is 15.6. The monoisotopic (exact) mass is 238 g/mol. The van der Waals surface area contributed by atoms with E-state index >= 15 is 0 Å². The van der Waals surface area contributed by atoms with Gasteiger partial charge < -0.3 is 0 Å². The second-order valence-electron chi connectivity index (χ2n) is 3.04. The molecule has 0 saturated heterocycles. The minimum absolute atomic E-state index is 0.530.